The molecule has 2 aliphatic rings. The van der Waals surface area contributed by atoms with Crippen molar-refractivity contribution in [3.05, 3.63) is 60.2 Å². The third kappa shape index (κ3) is 7.87. The number of rotatable bonds is 5. The van der Waals surface area contributed by atoms with Crippen molar-refractivity contribution in [3.8, 4) is 6.07 Å². The molecule has 0 bridgehead atoms. The van der Waals surface area contributed by atoms with E-state index in [-0.39, 0.29) is 0 Å². The molecular weight excluding hydrogens is 362 g/mol. The fourth-order valence-electron chi connectivity index (χ4n) is 3.52. The van der Waals surface area contributed by atoms with Crippen LogP contribution in [0.5, 0.6) is 0 Å². The van der Waals surface area contributed by atoms with Crippen molar-refractivity contribution in [2.24, 2.45) is 0 Å². The van der Waals surface area contributed by atoms with Crippen molar-refractivity contribution in [2.45, 2.75) is 13.1 Å². The fourth-order valence-corrected chi connectivity index (χ4v) is 3.52. The summed E-state index contributed by atoms with van der Waals surface area (Å²) in [5.74, 6) is 0. The lowest BCUT2D eigenvalue weighted by atomic mass is 10.2. The zero-order valence-corrected chi connectivity index (χ0v) is 17.1. The molecule has 0 atom stereocenters. The summed E-state index contributed by atoms with van der Waals surface area (Å²) in [7, 11) is 0. The van der Waals surface area contributed by atoms with E-state index in [9.17, 15) is 0 Å². The Bertz CT molecular complexity index is 718. The second-order valence-electron chi connectivity index (χ2n) is 7.38. The second kappa shape index (κ2) is 12.2. The first-order valence-electron chi connectivity index (χ1n) is 10.4. The summed E-state index contributed by atoms with van der Waals surface area (Å²) in [6.45, 7) is 11.0. The molecule has 0 saturated carbocycles. The minimum Gasteiger partial charge on any atom is -0.314 e. The smallest absolute Gasteiger partial charge is 0.0866 e. The number of pyridine rings is 2. The molecule has 2 saturated heterocycles. The van der Waals surface area contributed by atoms with E-state index >= 15 is 0 Å². The van der Waals surface area contributed by atoms with Crippen molar-refractivity contribution in [1.29, 1.82) is 5.26 Å². The first-order valence-corrected chi connectivity index (χ1v) is 10.4. The molecule has 0 spiro atoms. The topological polar surface area (TPSA) is 71.3 Å². The first kappa shape index (κ1) is 21.3. The van der Waals surface area contributed by atoms with Crippen LogP contribution in [0.3, 0.4) is 0 Å². The maximum Gasteiger partial charge on any atom is 0.0866 e. The predicted octanol–water partition coefficient (Wildman–Crippen LogP) is 1.21. The molecule has 2 fully saturated rings. The van der Waals surface area contributed by atoms with E-state index in [0.29, 0.717) is 6.54 Å². The van der Waals surface area contributed by atoms with Gasteiger partial charge in [-0.25, -0.2) is 0 Å². The molecule has 2 aromatic rings. The minimum atomic E-state index is 0.553. The molecule has 4 rings (SSSR count). The van der Waals surface area contributed by atoms with E-state index in [2.05, 4.69) is 48.2 Å². The van der Waals surface area contributed by atoms with Gasteiger partial charge in [0.25, 0.3) is 0 Å². The Labute approximate surface area is 174 Å². The van der Waals surface area contributed by atoms with Gasteiger partial charge in [-0.15, -0.1) is 0 Å². The van der Waals surface area contributed by atoms with Gasteiger partial charge >= 0.3 is 0 Å². The van der Waals surface area contributed by atoms with Crippen LogP contribution >= 0.6 is 0 Å². The van der Waals surface area contributed by atoms with Crippen molar-refractivity contribution in [1.82, 2.24) is 30.0 Å². The number of nitrogens with one attached hydrogen (secondary N) is 1. The Kier molecular flexibility index (Phi) is 9.01. The number of piperazine rings is 2. The summed E-state index contributed by atoms with van der Waals surface area (Å²) >= 11 is 0. The van der Waals surface area contributed by atoms with Crippen LogP contribution in [0.4, 0.5) is 0 Å². The van der Waals surface area contributed by atoms with Gasteiger partial charge in [0, 0.05) is 77.8 Å². The number of nitriles is 1. The maximum atomic E-state index is 8.60. The third-order valence-corrected chi connectivity index (χ3v) is 5.19. The molecule has 0 aromatic carbocycles. The van der Waals surface area contributed by atoms with Crippen LogP contribution in [0.1, 0.15) is 11.4 Å². The largest absolute Gasteiger partial charge is 0.314 e. The molecule has 2 aromatic heterocycles. The lowest BCUT2D eigenvalue weighted by molar-refractivity contribution is 0.137. The summed E-state index contributed by atoms with van der Waals surface area (Å²) in [5, 5.41) is 11.9. The van der Waals surface area contributed by atoms with E-state index in [1.165, 1.54) is 5.69 Å². The molecule has 1 N–H and O–H groups in total. The van der Waals surface area contributed by atoms with Crippen LogP contribution < -0.4 is 5.32 Å². The predicted molar refractivity (Wildman–Crippen MR) is 114 cm³/mol. The summed E-state index contributed by atoms with van der Waals surface area (Å²) in [5.41, 5.74) is 2.29. The highest BCUT2D eigenvalue weighted by Crippen LogP contribution is 2.06. The Balaban J connectivity index is 0.000000169. The monoisotopic (exact) mass is 393 g/mol. The molecule has 7 nitrogen and oxygen atoms in total. The van der Waals surface area contributed by atoms with E-state index in [1.54, 1.807) is 0 Å². The Morgan fingerprint density at radius 3 is 1.76 bits per heavy atom. The fraction of sp³-hybridized carbons (Fsp3) is 0.500. The molecular formula is C22H31N7. The highest BCUT2D eigenvalue weighted by atomic mass is 15.3. The highest BCUT2D eigenvalue weighted by Gasteiger charge is 2.16. The third-order valence-electron chi connectivity index (χ3n) is 5.19. The van der Waals surface area contributed by atoms with Crippen molar-refractivity contribution in [2.75, 3.05) is 58.9 Å². The number of hydrogen-bond donors (Lipinski definition) is 1. The van der Waals surface area contributed by atoms with Gasteiger partial charge in [-0.05, 0) is 24.3 Å². The molecule has 2 aliphatic heterocycles. The van der Waals surface area contributed by atoms with Crippen molar-refractivity contribution in [3.63, 3.8) is 0 Å². The van der Waals surface area contributed by atoms with Crippen LogP contribution in [-0.4, -0.2) is 83.6 Å². The van der Waals surface area contributed by atoms with Gasteiger partial charge in [0.05, 0.1) is 24.0 Å². The maximum absolute atomic E-state index is 8.60. The molecule has 0 radical (unpaired) electrons. The summed E-state index contributed by atoms with van der Waals surface area (Å²) < 4.78 is 0. The number of aromatic nitrogens is 2. The lowest BCUT2D eigenvalue weighted by Crippen LogP contribution is -2.45. The average Bonchev–Trinajstić information content (AvgIpc) is 2.78. The molecule has 7 heteroatoms. The summed E-state index contributed by atoms with van der Waals surface area (Å²) in [4.78, 5) is 15.6. The molecule has 0 aliphatic carbocycles. The van der Waals surface area contributed by atoms with Gasteiger partial charge in [0.15, 0.2) is 0 Å². The molecule has 0 amide bonds. The number of hydrogen-bond acceptors (Lipinski definition) is 7. The molecule has 0 unspecified atom stereocenters. The molecule has 4 heterocycles. The minimum absolute atomic E-state index is 0.553. The normalized spacial score (nSPS) is 18.4. The van der Waals surface area contributed by atoms with Crippen LogP contribution in [0.2, 0.25) is 0 Å². The molecule has 154 valence electrons. The van der Waals surface area contributed by atoms with Gasteiger partial charge < -0.3 is 5.32 Å². The van der Waals surface area contributed by atoms with Crippen LogP contribution in [0.25, 0.3) is 0 Å². The van der Waals surface area contributed by atoms with Crippen LogP contribution in [0, 0.1) is 11.3 Å². The summed E-state index contributed by atoms with van der Waals surface area (Å²) in [6, 6.07) is 14.3. The SMILES string of the molecule is N#CCN1CCN(Cc2ccccn2)CC1.c1ccc(CN2CCNCC2)nc1. The van der Waals surface area contributed by atoms with Gasteiger partial charge in [-0.3, -0.25) is 24.7 Å². The highest BCUT2D eigenvalue weighted by molar-refractivity contribution is 5.04. The second-order valence-corrected chi connectivity index (χ2v) is 7.38. The van der Waals surface area contributed by atoms with Crippen molar-refractivity contribution < 1.29 is 0 Å². The van der Waals surface area contributed by atoms with E-state index < -0.39 is 0 Å². The first-order chi connectivity index (χ1) is 14.3. The summed E-state index contributed by atoms with van der Waals surface area (Å²) in [6.07, 6.45) is 3.69. The Morgan fingerprint density at radius 2 is 1.28 bits per heavy atom. The Hall–Kier alpha value is -2.37. The number of nitrogens with zero attached hydrogens (tertiary/aromatic N) is 6. The zero-order valence-electron chi connectivity index (χ0n) is 17.1. The van der Waals surface area contributed by atoms with E-state index in [0.717, 1.165) is 71.1 Å². The van der Waals surface area contributed by atoms with Gasteiger partial charge in [-0.2, -0.15) is 5.26 Å². The van der Waals surface area contributed by atoms with E-state index in [4.69, 9.17) is 5.26 Å². The average molecular weight is 394 g/mol. The Morgan fingerprint density at radius 1 is 0.759 bits per heavy atom. The van der Waals surface area contributed by atoms with Crippen LogP contribution in [-0.2, 0) is 13.1 Å². The standard InChI is InChI=1S/C12H16N4.C10H15N3/c13-4-6-15-7-9-16(10-8-15)11-12-3-1-2-5-14-12;1-2-4-12-10(3-1)9-13-7-5-11-6-8-13/h1-3,5H,6-11H2;1-4,11H,5-9H2. The van der Waals surface area contributed by atoms with E-state index in [1.807, 2.05) is 36.7 Å². The van der Waals surface area contributed by atoms with Gasteiger partial charge in [-0.1, -0.05) is 12.1 Å². The van der Waals surface area contributed by atoms with Gasteiger partial charge in [0.2, 0.25) is 0 Å². The quantitative estimate of drug-likeness (QED) is 0.766. The van der Waals surface area contributed by atoms with Crippen molar-refractivity contribution >= 4 is 0 Å². The zero-order chi connectivity index (χ0) is 20.2. The lowest BCUT2D eigenvalue weighted by Gasteiger charge is -2.33. The molecule has 29 heavy (non-hydrogen) atoms. The van der Waals surface area contributed by atoms with Gasteiger partial charge in [0.1, 0.15) is 0 Å². The van der Waals surface area contributed by atoms with Crippen LogP contribution in [0.15, 0.2) is 48.8 Å².